The van der Waals surface area contributed by atoms with Crippen LogP contribution in [0.25, 0.3) is 0 Å². The summed E-state index contributed by atoms with van der Waals surface area (Å²) >= 11 is 7.71. The second kappa shape index (κ2) is 13.4. The fourth-order valence-electron chi connectivity index (χ4n) is 3.47. The van der Waals surface area contributed by atoms with Gasteiger partial charge < -0.3 is 10.2 Å². The van der Waals surface area contributed by atoms with E-state index in [9.17, 15) is 13.2 Å². The van der Waals surface area contributed by atoms with Gasteiger partial charge in [0.25, 0.3) is 0 Å². The van der Waals surface area contributed by atoms with Crippen LogP contribution >= 0.6 is 23.5 Å². The molecule has 0 aliphatic carbocycles. The number of hydrogen-bond acceptors (Lipinski definition) is 10. The summed E-state index contributed by atoms with van der Waals surface area (Å²) in [6, 6.07) is 18.4. The SMILES string of the molecule is CN(c1ccccc1C=O)S(C)(=O)=O.CNc1ccc(SN2CCN(c3nc(Cl)cc(C#N)n3)CC2)cc1. The Labute approximate surface area is 232 Å². The second-order valence-corrected chi connectivity index (χ2v) is 11.7. The van der Waals surface area contributed by atoms with E-state index < -0.39 is 10.0 Å². The minimum atomic E-state index is -3.31. The van der Waals surface area contributed by atoms with Crippen molar-refractivity contribution in [2.45, 2.75) is 4.90 Å². The molecule has 1 aliphatic rings. The molecule has 2 aromatic carbocycles. The topological polar surface area (TPSA) is 123 Å². The molecule has 10 nitrogen and oxygen atoms in total. The summed E-state index contributed by atoms with van der Waals surface area (Å²) < 4.78 is 25.8. The first kappa shape index (κ1) is 29.2. The third-order valence-electron chi connectivity index (χ3n) is 5.60. The number of rotatable bonds is 7. The Morgan fingerprint density at radius 2 is 1.76 bits per heavy atom. The minimum absolute atomic E-state index is 0.298. The van der Waals surface area contributed by atoms with Crippen molar-refractivity contribution in [3.05, 3.63) is 71.0 Å². The van der Waals surface area contributed by atoms with E-state index in [2.05, 4.69) is 48.8 Å². The van der Waals surface area contributed by atoms with Crippen molar-refractivity contribution < 1.29 is 13.2 Å². The van der Waals surface area contributed by atoms with E-state index in [1.54, 1.807) is 36.2 Å². The van der Waals surface area contributed by atoms with Gasteiger partial charge in [-0.1, -0.05) is 23.7 Å². The number of benzene rings is 2. The van der Waals surface area contributed by atoms with Crippen molar-refractivity contribution in [1.82, 2.24) is 14.3 Å². The highest BCUT2D eigenvalue weighted by Crippen LogP contribution is 2.26. The molecule has 1 saturated heterocycles. The Kier molecular flexibility index (Phi) is 10.3. The number of nitrogens with one attached hydrogen (secondary N) is 1. The molecular formula is C25H28ClN7O3S2. The summed E-state index contributed by atoms with van der Waals surface area (Å²) in [5, 5.41) is 12.4. The molecular weight excluding hydrogens is 546 g/mol. The standard InChI is InChI=1S/C16H17ClN6S.C9H11NO3S/c1-19-12-2-4-14(5-3-12)24-23-8-6-22(7-9-23)16-20-13(11-18)10-15(17)21-16;1-10(14(2,12)13)9-6-4-3-5-8(9)7-11/h2-5,10,19H,6-9H2,1H3;3-7H,1-2H3. The van der Waals surface area contributed by atoms with Gasteiger partial charge in [0, 0.05) is 62.5 Å². The smallest absolute Gasteiger partial charge is 0.232 e. The normalized spacial score (nSPS) is 13.6. The molecule has 0 unspecified atom stereocenters. The fourth-order valence-corrected chi connectivity index (χ4v) is 5.07. The molecule has 38 heavy (non-hydrogen) atoms. The molecule has 13 heteroatoms. The van der Waals surface area contributed by atoms with Gasteiger partial charge in [-0.15, -0.1) is 0 Å². The molecule has 1 aliphatic heterocycles. The lowest BCUT2D eigenvalue weighted by molar-refractivity contribution is 0.112. The lowest BCUT2D eigenvalue weighted by Crippen LogP contribution is -2.44. The van der Waals surface area contributed by atoms with Crippen molar-refractivity contribution in [3.63, 3.8) is 0 Å². The predicted octanol–water partition coefficient (Wildman–Crippen LogP) is 3.77. The highest BCUT2D eigenvalue weighted by molar-refractivity contribution is 7.97. The lowest BCUT2D eigenvalue weighted by Gasteiger charge is -2.33. The van der Waals surface area contributed by atoms with Crippen LogP contribution in [-0.4, -0.2) is 75.5 Å². The van der Waals surface area contributed by atoms with Crippen LogP contribution in [0.3, 0.4) is 0 Å². The van der Waals surface area contributed by atoms with Gasteiger partial charge >= 0.3 is 0 Å². The van der Waals surface area contributed by atoms with E-state index in [0.29, 0.717) is 34.3 Å². The van der Waals surface area contributed by atoms with Gasteiger partial charge in [0.05, 0.1) is 11.9 Å². The van der Waals surface area contributed by atoms with Crippen LogP contribution in [0.5, 0.6) is 0 Å². The number of hydrogen-bond donors (Lipinski definition) is 1. The van der Waals surface area contributed by atoms with Crippen molar-refractivity contribution in [2.75, 3.05) is 61.1 Å². The maximum atomic E-state index is 11.2. The third-order valence-corrected chi connectivity index (χ3v) is 8.09. The van der Waals surface area contributed by atoms with Gasteiger partial charge in [-0.25, -0.2) is 22.7 Å². The van der Waals surface area contributed by atoms with Crippen LogP contribution in [0.15, 0.2) is 59.5 Å². The zero-order valence-corrected chi connectivity index (χ0v) is 23.6. The average Bonchev–Trinajstić information content (AvgIpc) is 2.93. The molecule has 1 fully saturated rings. The summed E-state index contributed by atoms with van der Waals surface area (Å²) in [7, 11) is 0.0140. The van der Waals surface area contributed by atoms with E-state index in [4.69, 9.17) is 16.9 Å². The summed E-state index contributed by atoms with van der Waals surface area (Å²) in [4.78, 5) is 22.4. The number of aldehydes is 1. The minimum Gasteiger partial charge on any atom is -0.388 e. The Balaban J connectivity index is 0.000000244. The highest BCUT2D eigenvalue weighted by atomic mass is 35.5. The van der Waals surface area contributed by atoms with Crippen molar-refractivity contribution in [2.24, 2.45) is 0 Å². The Morgan fingerprint density at radius 3 is 2.34 bits per heavy atom. The molecule has 2 heterocycles. The van der Waals surface area contributed by atoms with Crippen LogP contribution in [-0.2, 0) is 10.0 Å². The Morgan fingerprint density at radius 1 is 1.11 bits per heavy atom. The quantitative estimate of drug-likeness (QED) is 0.254. The molecule has 0 saturated carbocycles. The molecule has 1 aromatic heterocycles. The van der Waals surface area contributed by atoms with Crippen molar-refractivity contribution >= 4 is 57.2 Å². The third kappa shape index (κ3) is 8.06. The zero-order valence-electron chi connectivity index (χ0n) is 21.2. The van der Waals surface area contributed by atoms with Gasteiger partial charge in [-0.2, -0.15) is 5.26 Å². The second-order valence-electron chi connectivity index (χ2n) is 8.18. The van der Waals surface area contributed by atoms with Crippen molar-refractivity contribution in [1.29, 1.82) is 5.26 Å². The van der Waals surface area contributed by atoms with Gasteiger partial charge in [0.2, 0.25) is 16.0 Å². The van der Waals surface area contributed by atoms with Crippen LogP contribution in [0.2, 0.25) is 5.15 Å². The number of anilines is 3. The molecule has 0 spiro atoms. The van der Waals surface area contributed by atoms with E-state index >= 15 is 0 Å². The number of halogens is 1. The van der Waals surface area contributed by atoms with Gasteiger partial charge in [0.15, 0.2) is 6.29 Å². The average molecular weight is 574 g/mol. The number of carbonyl (C=O) groups is 1. The highest BCUT2D eigenvalue weighted by Gasteiger charge is 2.20. The van der Waals surface area contributed by atoms with Crippen molar-refractivity contribution in [3.8, 4) is 6.07 Å². The van der Waals surface area contributed by atoms with Crippen LogP contribution < -0.4 is 14.5 Å². The van der Waals surface area contributed by atoms with E-state index in [1.807, 2.05) is 13.1 Å². The van der Waals surface area contributed by atoms with Gasteiger partial charge in [-0.05, 0) is 48.3 Å². The summed E-state index contributed by atoms with van der Waals surface area (Å²) in [6.45, 7) is 3.37. The number of para-hydroxylation sites is 1. The molecule has 1 N–H and O–H groups in total. The molecule has 200 valence electrons. The molecule has 0 amide bonds. The Hall–Kier alpha value is -3.37. The summed E-state index contributed by atoms with van der Waals surface area (Å²) in [6.07, 6.45) is 1.73. The fraction of sp³-hybridized carbons (Fsp3) is 0.280. The number of sulfonamides is 1. The number of nitriles is 1. The maximum Gasteiger partial charge on any atom is 0.232 e. The first-order valence-corrected chi connectivity index (χ1v) is 14.5. The van der Waals surface area contributed by atoms with Gasteiger partial charge in [-0.3, -0.25) is 9.10 Å². The first-order chi connectivity index (χ1) is 18.1. The van der Waals surface area contributed by atoms with Crippen LogP contribution in [0, 0.1) is 11.3 Å². The number of carbonyl (C=O) groups excluding carboxylic acids is 1. The van der Waals surface area contributed by atoms with E-state index in [0.717, 1.165) is 42.4 Å². The largest absolute Gasteiger partial charge is 0.388 e. The van der Waals surface area contributed by atoms with E-state index in [1.165, 1.54) is 18.0 Å². The molecule has 0 atom stereocenters. The van der Waals surface area contributed by atoms with Gasteiger partial charge in [0.1, 0.15) is 16.9 Å². The molecule has 0 radical (unpaired) electrons. The predicted molar refractivity (Wildman–Crippen MR) is 152 cm³/mol. The number of nitrogens with zero attached hydrogens (tertiary/aromatic N) is 6. The summed E-state index contributed by atoms with van der Waals surface area (Å²) in [5.41, 5.74) is 2.16. The number of aromatic nitrogens is 2. The monoisotopic (exact) mass is 573 g/mol. The van der Waals surface area contributed by atoms with Crippen LogP contribution in [0.1, 0.15) is 16.1 Å². The van der Waals surface area contributed by atoms with E-state index in [-0.39, 0.29) is 0 Å². The Bertz CT molecular complexity index is 1390. The molecule has 0 bridgehead atoms. The number of piperazine rings is 1. The molecule has 3 aromatic rings. The maximum absolute atomic E-state index is 11.2. The summed E-state index contributed by atoms with van der Waals surface area (Å²) in [5.74, 6) is 0.530. The molecule has 4 rings (SSSR count). The van der Waals surface area contributed by atoms with Crippen LogP contribution in [0.4, 0.5) is 17.3 Å². The lowest BCUT2D eigenvalue weighted by atomic mass is 10.2. The first-order valence-electron chi connectivity index (χ1n) is 11.5. The zero-order chi connectivity index (χ0) is 27.7.